The number of urea groups is 1. The van der Waals surface area contributed by atoms with Crippen molar-refractivity contribution in [2.75, 3.05) is 30.3 Å². The van der Waals surface area contributed by atoms with Crippen LogP contribution in [0, 0.1) is 5.92 Å². The number of carboxylic acid groups (broad SMARTS) is 1. The van der Waals surface area contributed by atoms with Crippen molar-refractivity contribution in [1.82, 2.24) is 63.1 Å². The van der Waals surface area contributed by atoms with Crippen LogP contribution in [0.1, 0.15) is 115 Å². The molecule has 14 amide bonds. The van der Waals surface area contributed by atoms with Gasteiger partial charge in [0.15, 0.2) is 0 Å². The Labute approximate surface area is 679 Å². The first kappa shape index (κ1) is 93.9. The molecular weight excluding hydrogens is 1550 g/mol. The van der Waals surface area contributed by atoms with Gasteiger partial charge in [-0.1, -0.05) is 124 Å². The molecule has 630 valence electrons. The summed E-state index contributed by atoms with van der Waals surface area (Å²) in [6.07, 6.45) is -1.29. The molecule has 7 rings (SSSR count). The Bertz CT molecular complexity index is 4430. The Morgan fingerprint density at radius 2 is 0.991 bits per heavy atom. The molecule has 32 nitrogen and oxygen atoms in total. The van der Waals surface area contributed by atoms with E-state index in [9.17, 15) is 71.0 Å². The van der Waals surface area contributed by atoms with Crippen molar-refractivity contribution in [1.29, 1.82) is 0 Å². The number of hydrogen-bond acceptors (Lipinski definition) is 18. The quantitative estimate of drug-likeness (QED) is 0.0243. The molecule has 5 aromatic carbocycles. The average Bonchev–Trinajstić information content (AvgIpc) is 1.79. The second kappa shape index (κ2) is 46.0. The highest BCUT2D eigenvalue weighted by Crippen LogP contribution is 2.23. The highest BCUT2D eigenvalue weighted by atomic mass is 35.5. The predicted molar refractivity (Wildman–Crippen MR) is 424 cm³/mol. The summed E-state index contributed by atoms with van der Waals surface area (Å²) < 4.78 is 31.5. The number of carboxylic acids is 1. The van der Waals surface area contributed by atoms with Gasteiger partial charge in [0.1, 0.15) is 66.4 Å². The van der Waals surface area contributed by atoms with Crippen molar-refractivity contribution in [2.24, 2.45) is 11.7 Å². The van der Waals surface area contributed by atoms with E-state index in [-0.39, 0.29) is 75.0 Å². The van der Waals surface area contributed by atoms with Crippen LogP contribution in [0.3, 0.4) is 0 Å². The summed E-state index contributed by atoms with van der Waals surface area (Å²) in [6, 6.07) is 20.8. The molecule has 0 bridgehead atoms. The number of likely N-dealkylation sites (tertiary alicyclic amines) is 1. The lowest BCUT2D eigenvalue weighted by Crippen LogP contribution is -2.66. The summed E-state index contributed by atoms with van der Waals surface area (Å²) in [5.41, 5.74) is 12.0. The number of aliphatic hydroxyl groups is 1. The van der Waals surface area contributed by atoms with Crippen LogP contribution in [0.5, 0.6) is 0 Å². The van der Waals surface area contributed by atoms with Gasteiger partial charge in [0.05, 0.1) is 6.61 Å². The third-order valence-electron chi connectivity index (χ3n) is 18.5. The second-order valence-electron chi connectivity index (χ2n) is 29.0. The number of rotatable bonds is 40. The van der Waals surface area contributed by atoms with Crippen LogP contribution in [-0.2, 0) is 94.4 Å². The number of nitrogens with one attached hydrogen (secondary N) is 12. The number of quaternary nitrogens is 1. The lowest BCUT2D eigenvalue weighted by Gasteiger charge is -2.31. The maximum absolute atomic E-state index is 15.3. The number of hydrogen-bond donors (Lipinski definition) is 15. The van der Waals surface area contributed by atoms with Gasteiger partial charge >= 0.3 is 18.1 Å². The van der Waals surface area contributed by atoms with E-state index in [0.717, 1.165) is 10.8 Å². The van der Waals surface area contributed by atoms with Crippen LogP contribution in [0.2, 0.25) is 5.02 Å². The molecule has 10 atom stereocenters. The average molecular weight is 1650 g/mol. The molecule has 1 aliphatic heterocycles. The van der Waals surface area contributed by atoms with Gasteiger partial charge in [-0.15, -0.1) is 0 Å². The number of carbonyl (C=O) groups excluding carboxylic acids is 14. The fourth-order valence-corrected chi connectivity index (χ4v) is 12.7. The number of amides is 14. The van der Waals surface area contributed by atoms with Crippen molar-refractivity contribution in [3.8, 4) is 0 Å². The summed E-state index contributed by atoms with van der Waals surface area (Å²) in [4.78, 5) is 196. The minimum atomic E-state index is -5.19. The van der Waals surface area contributed by atoms with E-state index in [1.165, 1.54) is 50.2 Å². The molecule has 0 radical (unpaired) electrons. The Balaban J connectivity index is 0.00000290. The molecule has 6 aromatic rings. The number of primary amides is 1. The number of nitrogens with two attached hydrogens (primary N) is 1. The molecule has 1 aromatic heterocycles. The monoisotopic (exact) mass is 1650 g/mol. The van der Waals surface area contributed by atoms with Crippen LogP contribution in [0.15, 0.2) is 140 Å². The number of fused-ring (bicyclic) bond motifs is 1. The SMILES string of the molecule is CC(=O)Nc1ccc(C[C@H](NC(=O)[C@H](CO)NC(=O)[C@@H](Cc2cccnc2)NC(=O)[C@@H](Cc2ccc(Cl)cc2)NC(=O)[C@@H](Cc2ccc3ccccc3c2)NC(C)=O)C(=O)N[C@H](Cc2ccc(NC(N)=O)cc2)C(=O)N[C@@H](CC(C)C)C(=O)N[C@@H](CCCCNC(C)C)C(=O)N2CCC[C@H]2C(=O)N[C@H](C)C([NH3+])=O)cc1.O=C([O-])C(F)(F)F. The standard InChI is InChI=1S/C79H101ClN16O14.C2HF3O2/c1-45(2)36-61(70(101)89-60(17-10-11-34-84-46(3)4)78(109)96-35-13-18-68(96)77(108)85-47(5)69(81)100)90-72(103)64(39-52-24-31-59(32-25-52)88-79(82)110)92-74(105)65(40-51-22-29-58(30-23-51)86-48(6)98)94-76(107)67(44-97)95-75(106)66(42-54-14-12-33-83-43-54)93-73(104)63(38-50-20-27-57(80)28-21-50)91-71(102)62(87-49(7)99)41-53-19-26-55-15-8-9-16-56(55)37-53;3-2(4,5)1(6)7/h8-9,12,14-16,19-33,37,43,45-47,60-68,84,97H,10-11,13,17-18,34-36,38-42,44H2,1-7H3,(H2,81,100)(H,85,108)(H,86,98)(H,87,99)(H,89,101)(H,90,103)(H,91,102)(H,92,105)(H,93,104)(H,94,107)(H,95,106)(H3,82,88,110);(H,6,7)/t47-,60+,61+,62-,63-,64-,65+,66-,67+,68+;/m1./s1. The number of carbonyl (C=O) groups is 14. The number of unbranched alkanes of at least 4 members (excludes halogenated alkanes) is 1. The largest absolute Gasteiger partial charge is 0.542 e. The van der Waals surface area contributed by atoms with Crippen molar-refractivity contribution in [3.63, 3.8) is 0 Å². The Kier molecular flexibility index (Phi) is 36.9. The van der Waals surface area contributed by atoms with Gasteiger partial charge in [0.25, 0.3) is 0 Å². The van der Waals surface area contributed by atoms with Crippen LogP contribution in [0.4, 0.5) is 29.3 Å². The van der Waals surface area contributed by atoms with Crippen LogP contribution < -0.4 is 80.4 Å². The Morgan fingerprint density at radius 3 is 1.45 bits per heavy atom. The van der Waals surface area contributed by atoms with Crippen LogP contribution in [0.25, 0.3) is 10.8 Å². The molecule has 0 saturated carbocycles. The van der Waals surface area contributed by atoms with Gasteiger partial charge in [0.2, 0.25) is 65.0 Å². The number of benzene rings is 5. The molecular formula is C81H102ClF3N16O16. The van der Waals surface area contributed by atoms with Gasteiger partial charge in [-0.2, -0.15) is 13.2 Å². The van der Waals surface area contributed by atoms with Crippen LogP contribution >= 0.6 is 11.6 Å². The third-order valence-corrected chi connectivity index (χ3v) is 18.8. The molecule has 1 aliphatic rings. The lowest BCUT2D eigenvalue weighted by molar-refractivity contribution is -0.344. The van der Waals surface area contributed by atoms with Gasteiger partial charge in [-0.05, 0) is 139 Å². The molecule has 0 spiro atoms. The molecule has 0 aliphatic carbocycles. The maximum atomic E-state index is 15.3. The minimum absolute atomic E-state index is 0.0130. The number of halogens is 4. The van der Waals surface area contributed by atoms with E-state index in [0.29, 0.717) is 70.8 Å². The summed E-state index contributed by atoms with van der Waals surface area (Å²) >= 11 is 6.26. The van der Waals surface area contributed by atoms with E-state index in [4.69, 9.17) is 27.2 Å². The van der Waals surface area contributed by atoms with Crippen molar-refractivity contribution in [2.45, 2.75) is 192 Å². The van der Waals surface area contributed by atoms with Gasteiger partial charge in [-0.25, -0.2) is 9.59 Å². The zero-order valence-electron chi connectivity index (χ0n) is 65.9. The molecule has 117 heavy (non-hydrogen) atoms. The highest BCUT2D eigenvalue weighted by molar-refractivity contribution is 6.30. The lowest BCUT2D eigenvalue weighted by atomic mass is 9.99. The first-order valence-corrected chi connectivity index (χ1v) is 38.4. The number of aromatic nitrogens is 1. The molecule has 36 heteroatoms. The number of anilines is 2. The number of aliphatic carboxylic acids is 1. The number of nitrogens with zero attached hydrogens (tertiary/aromatic N) is 2. The topological polar surface area (TPSA) is 496 Å². The Morgan fingerprint density at radius 1 is 0.547 bits per heavy atom. The van der Waals surface area contributed by atoms with Crippen molar-refractivity contribution >= 4 is 117 Å². The molecule has 1 fully saturated rings. The van der Waals surface area contributed by atoms with Gasteiger partial charge < -0.3 is 89.4 Å². The summed E-state index contributed by atoms with van der Waals surface area (Å²) in [7, 11) is 0. The molecule has 0 unspecified atom stereocenters. The van der Waals surface area contributed by atoms with Gasteiger partial charge in [0, 0.05) is 87.3 Å². The maximum Gasteiger partial charge on any atom is 0.430 e. The first-order chi connectivity index (χ1) is 55.3. The molecule has 1 saturated heterocycles. The van der Waals surface area contributed by atoms with Crippen molar-refractivity contribution < 1.29 is 96.2 Å². The fourth-order valence-electron chi connectivity index (χ4n) is 12.6. The van der Waals surface area contributed by atoms with Crippen molar-refractivity contribution in [3.05, 3.63) is 173 Å². The van der Waals surface area contributed by atoms with E-state index in [1.807, 2.05) is 56.3 Å². The fraction of sp³-hybridized carbons (Fsp3) is 0.420. The third kappa shape index (κ3) is 32.0. The second-order valence-corrected chi connectivity index (χ2v) is 29.5. The van der Waals surface area contributed by atoms with E-state index >= 15 is 9.59 Å². The number of pyridine rings is 1. The summed E-state index contributed by atoms with van der Waals surface area (Å²) in [5, 5.41) is 55.0. The summed E-state index contributed by atoms with van der Waals surface area (Å²) in [5.74, 6) is -12.2. The van der Waals surface area contributed by atoms with E-state index in [1.54, 1.807) is 86.6 Å². The zero-order chi connectivity index (χ0) is 86.2. The minimum Gasteiger partial charge on any atom is -0.542 e. The smallest absolute Gasteiger partial charge is 0.430 e. The summed E-state index contributed by atoms with van der Waals surface area (Å²) in [6.45, 7) is 11.3. The van der Waals surface area contributed by atoms with Gasteiger partial charge in [-0.3, -0.25) is 63.5 Å². The predicted octanol–water partition coefficient (Wildman–Crippen LogP) is 1.52. The zero-order valence-corrected chi connectivity index (χ0v) is 66.6. The van der Waals surface area contributed by atoms with E-state index < -0.39 is 150 Å². The van der Waals surface area contributed by atoms with Crippen LogP contribution in [-0.4, -0.2) is 190 Å². The normalized spacial score (nSPS) is 14.8. The first-order valence-electron chi connectivity index (χ1n) is 38.0. The number of alkyl halides is 3. The number of aliphatic hydroxyl groups excluding tert-OH is 1. The highest BCUT2D eigenvalue weighted by Gasteiger charge is 2.41. The molecule has 18 N–H and O–H groups in total. The Hall–Kier alpha value is -11.9. The molecule has 2 heterocycles. The van der Waals surface area contributed by atoms with E-state index in [2.05, 4.69) is 74.5 Å².